The van der Waals surface area contributed by atoms with E-state index >= 15 is 0 Å². The van der Waals surface area contributed by atoms with E-state index in [1.165, 1.54) is 7.11 Å². The van der Waals surface area contributed by atoms with Gasteiger partial charge in [0.1, 0.15) is 0 Å². The molecule has 0 bridgehead atoms. The van der Waals surface area contributed by atoms with Crippen molar-refractivity contribution in [2.45, 2.75) is 0 Å². The number of ether oxygens (including phenoxy) is 1. The summed E-state index contributed by atoms with van der Waals surface area (Å²) in [6.45, 7) is 0. The molecular formula is C7H7N2O+. The van der Waals surface area contributed by atoms with Crippen molar-refractivity contribution < 1.29 is 4.74 Å². The number of hydrogen-bond acceptors (Lipinski definition) is 2. The van der Waals surface area contributed by atoms with Gasteiger partial charge in [0.05, 0.1) is 7.11 Å². The summed E-state index contributed by atoms with van der Waals surface area (Å²) in [5.41, 5.74) is 0.449. The maximum absolute atomic E-state index is 8.39. The molecule has 1 aromatic rings. The Morgan fingerprint density at radius 2 is 2.10 bits per heavy atom. The Morgan fingerprint density at radius 1 is 1.40 bits per heavy atom. The van der Waals surface area contributed by atoms with Crippen molar-refractivity contribution in [3.8, 4) is 5.75 Å². The van der Waals surface area contributed by atoms with E-state index in [9.17, 15) is 0 Å². The van der Waals surface area contributed by atoms with E-state index < -0.39 is 0 Å². The first-order valence-corrected chi connectivity index (χ1v) is 2.86. The molecule has 1 rings (SSSR count). The van der Waals surface area contributed by atoms with Crippen LogP contribution in [0.4, 0.5) is 5.69 Å². The maximum Gasteiger partial charge on any atom is 0.426 e. The lowest BCUT2D eigenvalue weighted by Gasteiger charge is -1.91. The Morgan fingerprint density at radius 3 is 2.60 bits per heavy atom. The van der Waals surface area contributed by atoms with Crippen molar-refractivity contribution >= 4 is 5.69 Å². The molecular weight excluding hydrogens is 128 g/mol. The van der Waals surface area contributed by atoms with Gasteiger partial charge in [-0.3, -0.25) is 0 Å². The zero-order valence-electron chi connectivity index (χ0n) is 5.61. The van der Waals surface area contributed by atoms with E-state index in [0.29, 0.717) is 11.4 Å². The van der Waals surface area contributed by atoms with Crippen LogP contribution in [0, 0.1) is 5.39 Å². The molecule has 0 heterocycles. The largest absolute Gasteiger partial charge is 0.489 e. The Balaban J connectivity index is 3.12. The van der Waals surface area contributed by atoms with Crippen molar-refractivity contribution in [3.63, 3.8) is 0 Å². The maximum atomic E-state index is 8.39. The van der Waals surface area contributed by atoms with Crippen LogP contribution in [0.15, 0.2) is 24.3 Å². The van der Waals surface area contributed by atoms with E-state index in [4.69, 9.17) is 10.1 Å². The summed E-state index contributed by atoms with van der Waals surface area (Å²) in [5, 5.41) is 8.39. The van der Waals surface area contributed by atoms with Crippen LogP contribution >= 0.6 is 0 Å². The van der Waals surface area contributed by atoms with Gasteiger partial charge in [-0.15, -0.1) is 0 Å². The Kier molecular flexibility index (Phi) is 1.86. The van der Waals surface area contributed by atoms with Crippen molar-refractivity contribution in [1.29, 1.82) is 5.39 Å². The van der Waals surface area contributed by atoms with E-state index in [-0.39, 0.29) is 0 Å². The molecule has 3 nitrogen and oxygen atoms in total. The minimum Gasteiger partial charge on any atom is -0.489 e. The Labute approximate surface area is 58.9 Å². The SMILES string of the molecule is COc1ccccc1[N+]#N. The second kappa shape index (κ2) is 2.83. The van der Waals surface area contributed by atoms with E-state index in [1.807, 2.05) is 6.07 Å². The molecule has 3 heteroatoms. The van der Waals surface area contributed by atoms with Gasteiger partial charge in [0, 0.05) is 6.07 Å². The van der Waals surface area contributed by atoms with Gasteiger partial charge in [0.15, 0.2) is 4.98 Å². The quantitative estimate of drug-likeness (QED) is 0.553. The third kappa shape index (κ3) is 1.06. The lowest BCUT2D eigenvalue weighted by molar-refractivity contribution is 0.417. The summed E-state index contributed by atoms with van der Waals surface area (Å²) in [6, 6.07) is 6.99. The van der Waals surface area contributed by atoms with Crippen molar-refractivity contribution in [2.24, 2.45) is 0 Å². The van der Waals surface area contributed by atoms with E-state index in [1.54, 1.807) is 18.2 Å². The summed E-state index contributed by atoms with van der Waals surface area (Å²) in [6.07, 6.45) is 0. The second-order valence-corrected chi connectivity index (χ2v) is 1.77. The Hall–Kier alpha value is -1.56. The fourth-order valence-electron chi connectivity index (χ4n) is 0.712. The molecule has 0 radical (unpaired) electrons. The first-order chi connectivity index (χ1) is 4.88. The molecule has 0 aromatic heterocycles. The monoisotopic (exact) mass is 135 g/mol. The van der Waals surface area contributed by atoms with Gasteiger partial charge in [-0.2, -0.15) is 0 Å². The zero-order valence-corrected chi connectivity index (χ0v) is 5.61. The number of diazo groups is 1. The normalized spacial score (nSPS) is 8.40. The highest BCUT2D eigenvalue weighted by atomic mass is 16.5. The molecule has 0 aliphatic heterocycles. The number of rotatable bonds is 1. The molecule has 10 heavy (non-hydrogen) atoms. The first kappa shape index (κ1) is 6.56. The lowest BCUT2D eigenvalue weighted by Crippen LogP contribution is -1.80. The first-order valence-electron chi connectivity index (χ1n) is 2.86. The Bertz CT molecular complexity index is 265. The molecule has 0 aliphatic carbocycles. The van der Waals surface area contributed by atoms with Gasteiger partial charge < -0.3 is 4.74 Å². The molecule has 1 aromatic carbocycles. The van der Waals surface area contributed by atoms with E-state index in [0.717, 1.165) is 0 Å². The van der Waals surface area contributed by atoms with Gasteiger partial charge in [-0.1, -0.05) is 12.1 Å². The number of nitrogens with zero attached hydrogens (tertiary/aromatic N) is 2. The summed E-state index contributed by atoms with van der Waals surface area (Å²) in [7, 11) is 1.53. The highest BCUT2D eigenvalue weighted by Crippen LogP contribution is 2.25. The molecule has 50 valence electrons. The van der Waals surface area contributed by atoms with Crippen molar-refractivity contribution in [1.82, 2.24) is 0 Å². The topological polar surface area (TPSA) is 37.4 Å². The molecule has 0 N–H and O–H groups in total. The predicted octanol–water partition coefficient (Wildman–Crippen LogP) is 2.18. The predicted molar refractivity (Wildman–Crippen MR) is 37.7 cm³/mol. The van der Waals surface area contributed by atoms with Crippen LogP contribution < -0.4 is 4.74 Å². The van der Waals surface area contributed by atoms with Gasteiger partial charge >= 0.3 is 5.69 Å². The van der Waals surface area contributed by atoms with Crippen molar-refractivity contribution in [2.75, 3.05) is 7.11 Å². The molecule has 0 spiro atoms. The van der Waals surface area contributed by atoms with Gasteiger partial charge in [0.2, 0.25) is 11.1 Å². The smallest absolute Gasteiger partial charge is 0.426 e. The third-order valence-electron chi connectivity index (χ3n) is 1.19. The third-order valence-corrected chi connectivity index (χ3v) is 1.19. The minimum absolute atomic E-state index is 0.449. The zero-order chi connectivity index (χ0) is 7.40. The molecule has 0 fully saturated rings. The molecule has 0 saturated carbocycles. The summed E-state index contributed by atoms with van der Waals surface area (Å²) in [5.74, 6) is 0.574. The van der Waals surface area contributed by atoms with Crippen LogP contribution in [0.1, 0.15) is 0 Å². The standard InChI is InChI=1S/C7H7N2O/c1-10-7-5-3-2-4-6(7)9-8/h2-5H,1H3/q+1. The minimum atomic E-state index is 0.449. The van der Waals surface area contributed by atoms with Crippen molar-refractivity contribution in [3.05, 3.63) is 29.2 Å². The van der Waals surface area contributed by atoms with Crippen LogP contribution in [0.5, 0.6) is 5.75 Å². The number of benzene rings is 1. The molecule has 0 saturated heterocycles. The number of hydrogen-bond donors (Lipinski definition) is 0. The highest BCUT2D eigenvalue weighted by Gasteiger charge is 2.10. The van der Waals surface area contributed by atoms with Gasteiger partial charge in [-0.05, 0) is 6.07 Å². The molecule has 0 amide bonds. The fourth-order valence-corrected chi connectivity index (χ4v) is 0.712. The van der Waals surface area contributed by atoms with Crippen LogP contribution in [-0.4, -0.2) is 7.11 Å². The van der Waals surface area contributed by atoms with Crippen LogP contribution in [0.2, 0.25) is 0 Å². The number of para-hydroxylation sites is 1. The molecule has 0 aliphatic rings. The highest BCUT2D eigenvalue weighted by molar-refractivity contribution is 5.56. The average Bonchev–Trinajstić information content (AvgIpc) is 2.04. The second-order valence-electron chi connectivity index (χ2n) is 1.77. The summed E-state index contributed by atoms with van der Waals surface area (Å²) < 4.78 is 4.88. The lowest BCUT2D eigenvalue weighted by atomic mass is 10.3. The summed E-state index contributed by atoms with van der Waals surface area (Å²) in [4.78, 5) is 3.02. The van der Waals surface area contributed by atoms with E-state index in [2.05, 4.69) is 4.98 Å². The fraction of sp³-hybridized carbons (Fsp3) is 0.143. The molecule has 0 unspecified atom stereocenters. The van der Waals surface area contributed by atoms with Gasteiger partial charge in [0.25, 0.3) is 0 Å². The molecule has 0 atom stereocenters. The van der Waals surface area contributed by atoms with Crippen LogP contribution in [0.3, 0.4) is 0 Å². The summed E-state index contributed by atoms with van der Waals surface area (Å²) >= 11 is 0. The number of methoxy groups -OCH3 is 1. The van der Waals surface area contributed by atoms with Crippen LogP contribution in [0.25, 0.3) is 4.98 Å². The van der Waals surface area contributed by atoms with Gasteiger partial charge in [-0.25, -0.2) is 0 Å². The average molecular weight is 135 g/mol. The van der Waals surface area contributed by atoms with Crippen LogP contribution in [-0.2, 0) is 0 Å².